The summed E-state index contributed by atoms with van der Waals surface area (Å²) in [6.07, 6.45) is -0.740. The van der Waals surface area contributed by atoms with E-state index in [1.54, 1.807) is 50.0 Å². The van der Waals surface area contributed by atoms with Gasteiger partial charge in [0, 0.05) is 20.5 Å². The van der Waals surface area contributed by atoms with Crippen LogP contribution in [-0.2, 0) is 34.8 Å². The molecule has 30 heavy (non-hydrogen) atoms. The first-order chi connectivity index (χ1) is 14.2. The molecule has 0 saturated carbocycles. The first-order valence-electron chi connectivity index (χ1n) is 9.64. The lowest BCUT2D eigenvalue weighted by Gasteiger charge is -2.14. The van der Waals surface area contributed by atoms with Crippen LogP contribution in [0.15, 0.2) is 29.1 Å². The maximum atomic E-state index is 12.4. The molecule has 9 heteroatoms. The van der Waals surface area contributed by atoms with E-state index in [2.05, 4.69) is 15.4 Å². The predicted molar refractivity (Wildman–Crippen MR) is 112 cm³/mol. The van der Waals surface area contributed by atoms with Crippen molar-refractivity contribution in [2.45, 2.75) is 39.7 Å². The first-order valence-corrected chi connectivity index (χ1v) is 9.64. The summed E-state index contributed by atoms with van der Waals surface area (Å²) in [6, 6.07) is 7.06. The number of carbonyl (C=O) groups is 2. The van der Waals surface area contributed by atoms with Gasteiger partial charge in [-0.2, -0.15) is 5.10 Å². The minimum Gasteiger partial charge on any atom is -0.453 e. The van der Waals surface area contributed by atoms with Crippen LogP contribution in [0.2, 0.25) is 0 Å². The van der Waals surface area contributed by atoms with Gasteiger partial charge in [0.15, 0.2) is 6.10 Å². The van der Waals surface area contributed by atoms with Crippen LogP contribution in [0.1, 0.15) is 30.6 Å². The lowest BCUT2D eigenvalue weighted by molar-refractivity contribution is -0.153. The van der Waals surface area contributed by atoms with Crippen LogP contribution < -0.4 is 10.9 Å². The molecular weight excluding hydrogens is 386 g/mol. The molecule has 1 amide bonds. The summed E-state index contributed by atoms with van der Waals surface area (Å²) in [5, 5.41) is 7.53. The number of fused-ring (bicyclic) bond motifs is 1. The summed E-state index contributed by atoms with van der Waals surface area (Å²) >= 11 is 0. The molecule has 0 saturated heterocycles. The molecule has 158 valence electrons. The quantitative estimate of drug-likeness (QED) is 0.620. The van der Waals surface area contributed by atoms with Crippen molar-refractivity contribution in [2.75, 3.05) is 5.32 Å². The van der Waals surface area contributed by atoms with Crippen LogP contribution >= 0.6 is 0 Å². The fraction of sp³-hybridized carbons (Fsp3) is 0.381. The highest BCUT2D eigenvalue weighted by atomic mass is 16.5. The Kier molecular flexibility index (Phi) is 6.00. The van der Waals surface area contributed by atoms with Crippen molar-refractivity contribution in [1.82, 2.24) is 19.3 Å². The molecule has 3 aromatic rings. The highest BCUT2D eigenvalue weighted by molar-refractivity contribution is 5.96. The van der Waals surface area contributed by atoms with Crippen molar-refractivity contribution in [3.63, 3.8) is 0 Å². The van der Waals surface area contributed by atoms with Crippen LogP contribution in [0, 0.1) is 13.8 Å². The number of rotatable bonds is 6. The molecule has 9 nitrogen and oxygen atoms in total. The standard InChI is InChI=1S/C21H25N5O4/c1-12-19(13(2)26(5)24-12)23-20(28)14(3)30-18(27)11-10-17-22-16-9-7-6-8-15(16)21(29)25(17)4/h6-9,14H,10-11H2,1-5H3,(H,23,28)/t14-/m1/s1. The zero-order valence-electron chi connectivity index (χ0n) is 17.7. The third-order valence-electron chi connectivity index (χ3n) is 5.06. The highest BCUT2D eigenvalue weighted by Gasteiger charge is 2.21. The lowest BCUT2D eigenvalue weighted by atomic mass is 10.2. The van der Waals surface area contributed by atoms with Crippen LogP contribution in [-0.4, -0.2) is 37.3 Å². The van der Waals surface area contributed by atoms with E-state index in [1.165, 1.54) is 11.5 Å². The fourth-order valence-electron chi connectivity index (χ4n) is 3.19. The maximum absolute atomic E-state index is 12.4. The Bertz CT molecular complexity index is 1180. The largest absolute Gasteiger partial charge is 0.453 e. The lowest BCUT2D eigenvalue weighted by Crippen LogP contribution is -2.30. The smallest absolute Gasteiger partial charge is 0.307 e. The number of amides is 1. The summed E-state index contributed by atoms with van der Waals surface area (Å²) in [7, 11) is 3.41. The zero-order chi connectivity index (χ0) is 22.0. The molecule has 0 aliphatic rings. The summed E-state index contributed by atoms with van der Waals surface area (Å²) in [5.74, 6) is -0.493. The van der Waals surface area contributed by atoms with Crippen LogP contribution in [0.3, 0.4) is 0 Å². The molecule has 3 rings (SSSR count). The number of ether oxygens (including phenoxy) is 1. The number of carbonyl (C=O) groups excluding carboxylic acids is 2. The molecule has 0 fully saturated rings. The molecule has 1 N–H and O–H groups in total. The molecule has 0 aliphatic heterocycles. The predicted octanol–water partition coefficient (Wildman–Crippen LogP) is 1.79. The number of anilines is 1. The van der Waals surface area contributed by atoms with Crippen LogP contribution in [0.5, 0.6) is 0 Å². The van der Waals surface area contributed by atoms with E-state index < -0.39 is 18.0 Å². The second kappa shape index (κ2) is 8.48. The molecule has 0 spiro atoms. The van der Waals surface area contributed by atoms with E-state index in [-0.39, 0.29) is 18.4 Å². The Morgan fingerprint density at radius 1 is 1.20 bits per heavy atom. The van der Waals surface area contributed by atoms with Gasteiger partial charge in [-0.3, -0.25) is 23.6 Å². The molecule has 1 atom stereocenters. The molecule has 1 aromatic carbocycles. The number of nitrogens with zero attached hydrogens (tertiary/aromatic N) is 4. The van der Waals surface area contributed by atoms with Gasteiger partial charge in [-0.25, -0.2) is 4.98 Å². The third-order valence-corrected chi connectivity index (χ3v) is 5.06. The Hall–Kier alpha value is -3.49. The minimum absolute atomic E-state index is 0.00118. The van der Waals surface area contributed by atoms with Gasteiger partial charge in [0.05, 0.1) is 34.4 Å². The number of para-hydroxylation sites is 1. The minimum atomic E-state index is -0.968. The van der Waals surface area contributed by atoms with Gasteiger partial charge < -0.3 is 10.1 Å². The second-order valence-corrected chi connectivity index (χ2v) is 7.20. The number of hydrogen-bond donors (Lipinski definition) is 1. The van der Waals surface area contributed by atoms with E-state index in [4.69, 9.17) is 4.74 Å². The molecule has 2 aromatic heterocycles. The van der Waals surface area contributed by atoms with Gasteiger partial charge in [0.1, 0.15) is 5.82 Å². The van der Waals surface area contributed by atoms with Crippen molar-refractivity contribution in [2.24, 2.45) is 14.1 Å². The molecule has 0 radical (unpaired) electrons. The average Bonchev–Trinajstić information content (AvgIpc) is 2.95. The summed E-state index contributed by atoms with van der Waals surface area (Å²) in [5.41, 5.74) is 2.52. The van der Waals surface area contributed by atoms with Crippen LogP contribution in [0.25, 0.3) is 10.9 Å². The SMILES string of the molecule is Cc1nn(C)c(C)c1NC(=O)[C@@H](C)OC(=O)CCc1nc2ccccc2c(=O)n1C. The van der Waals surface area contributed by atoms with Crippen molar-refractivity contribution in [3.05, 3.63) is 51.8 Å². The number of hydrogen-bond acceptors (Lipinski definition) is 6. The topological polar surface area (TPSA) is 108 Å². The number of aryl methyl sites for hydroxylation is 3. The van der Waals surface area contributed by atoms with E-state index in [0.29, 0.717) is 28.1 Å². The summed E-state index contributed by atoms with van der Waals surface area (Å²) in [6.45, 7) is 5.14. The maximum Gasteiger partial charge on any atom is 0.307 e. The van der Waals surface area contributed by atoms with E-state index >= 15 is 0 Å². The van der Waals surface area contributed by atoms with Crippen molar-refractivity contribution in [1.29, 1.82) is 0 Å². The first kappa shape index (κ1) is 21.2. The molecule has 2 heterocycles. The second-order valence-electron chi connectivity index (χ2n) is 7.20. The average molecular weight is 411 g/mol. The van der Waals surface area contributed by atoms with E-state index in [9.17, 15) is 14.4 Å². The third kappa shape index (κ3) is 4.24. The van der Waals surface area contributed by atoms with E-state index in [0.717, 1.165) is 5.69 Å². The summed E-state index contributed by atoms with van der Waals surface area (Å²) in [4.78, 5) is 41.5. The van der Waals surface area contributed by atoms with Gasteiger partial charge in [-0.15, -0.1) is 0 Å². The highest BCUT2D eigenvalue weighted by Crippen LogP contribution is 2.19. The molecule has 0 unspecified atom stereocenters. The Morgan fingerprint density at radius 2 is 1.90 bits per heavy atom. The molecule has 0 bridgehead atoms. The summed E-state index contributed by atoms with van der Waals surface area (Å²) < 4.78 is 8.36. The molecular formula is C21H25N5O4. The number of aromatic nitrogens is 4. The van der Waals surface area contributed by atoms with Crippen molar-refractivity contribution >= 4 is 28.5 Å². The van der Waals surface area contributed by atoms with Gasteiger partial charge in [0.25, 0.3) is 11.5 Å². The fourth-order valence-corrected chi connectivity index (χ4v) is 3.19. The van der Waals surface area contributed by atoms with E-state index in [1.807, 2.05) is 6.92 Å². The monoisotopic (exact) mass is 411 g/mol. The number of nitrogens with one attached hydrogen (secondary N) is 1. The van der Waals surface area contributed by atoms with Crippen molar-refractivity contribution < 1.29 is 14.3 Å². The number of benzene rings is 1. The Labute approximate surface area is 173 Å². The normalized spacial score (nSPS) is 12.0. The number of esters is 1. The Balaban J connectivity index is 1.62. The van der Waals surface area contributed by atoms with Gasteiger partial charge in [0.2, 0.25) is 0 Å². The van der Waals surface area contributed by atoms with Crippen molar-refractivity contribution in [3.8, 4) is 0 Å². The molecule has 0 aliphatic carbocycles. The van der Waals surface area contributed by atoms with Gasteiger partial charge in [-0.05, 0) is 32.9 Å². The van der Waals surface area contributed by atoms with Gasteiger partial charge >= 0.3 is 5.97 Å². The van der Waals surface area contributed by atoms with Gasteiger partial charge in [-0.1, -0.05) is 12.1 Å². The zero-order valence-corrected chi connectivity index (χ0v) is 17.7. The Morgan fingerprint density at radius 3 is 2.57 bits per heavy atom. The van der Waals surface area contributed by atoms with Crippen LogP contribution in [0.4, 0.5) is 5.69 Å².